The smallest absolute Gasteiger partial charge is 0.273 e. The number of hydrogen-bond acceptors (Lipinski definition) is 6. The highest BCUT2D eigenvalue weighted by Crippen LogP contribution is 2.27. The number of nitrogens with zero attached hydrogens (tertiary/aromatic N) is 1. The van der Waals surface area contributed by atoms with Gasteiger partial charge < -0.3 is 9.47 Å². The lowest BCUT2D eigenvalue weighted by molar-refractivity contribution is -0.385. The number of carbonyl (C=O) groups excluding carboxylic acids is 2. The van der Waals surface area contributed by atoms with Crippen molar-refractivity contribution in [2.24, 2.45) is 0 Å². The molecule has 9 heteroatoms. The van der Waals surface area contributed by atoms with E-state index >= 15 is 0 Å². The first-order chi connectivity index (χ1) is 13.0. The number of hydrogen-bond donors (Lipinski definition) is 2. The van der Waals surface area contributed by atoms with Crippen molar-refractivity contribution in [3.05, 3.63) is 63.7 Å². The van der Waals surface area contributed by atoms with Crippen molar-refractivity contribution in [1.29, 1.82) is 0 Å². The monoisotopic (exact) mass is 373 g/mol. The van der Waals surface area contributed by atoms with E-state index in [0.717, 1.165) is 0 Å². The number of nitrogens with one attached hydrogen (secondary N) is 2. The van der Waals surface area contributed by atoms with Crippen LogP contribution in [0.5, 0.6) is 11.5 Å². The van der Waals surface area contributed by atoms with Gasteiger partial charge in [0.25, 0.3) is 11.6 Å². The second-order valence-corrected chi connectivity index (χ2v) is 5.36. The molecule has 2 aromatic carbocycles. The number of nitro benzene ring substituents is 1. The fraction of sp³-hybridized carbons (Fsp3) is 0.222. The number of amides is 2. The molecule has 0 aliphatic carbocycles. The molecular formula is C18H19N3O6. The summed E-state index contributed by atoms with van der Waals surface area (Å²) in [6.45, 7) is 2.27. The molecular weight excluding hydrogens is 354 g/mol. The zero-order chi connectivity index (χ0) is 19.8. The second-order valence-electron chi connectivity index (χ2n) is 5.36. The van der Waals surface area contributed by atoms with Gasteiger partial charge in [0.2, 0.25) is 5.91 Å². The predicted octanol–water partition coefficient (Wildman–Crippen LogP) is 2.01. The van der Waals surface area contributed by atoms with Crippen LogP contribution in [-0.2, 0) is 11.2 Å². The third-order valence-electron chi connectivity index (χ3n) is 3.58. The zero-order valence-corrected chi connectivity index (χ0v) is 14.9. The van der Waals surface area contributed by atoms with Crippen LogP contribution >= 0.6 is 0 Å². The van der Waals surface area contributed by atoms with Crippen LogP contribution in [0.25, 0.3) is 0 Å². The Morgan fingerprint density at radius 2 is 1.85 bits per heavy atom. The molecule has 27 heavy (non-hydrogen) atoms. The van der Waals surface area contributed by atoms with E-state index in [-0.39, 0.29) is 23.2 Å². The summed E-state index contributed by atoms with van der Waals surface area (Å²) in [5.74, 6) is -0.268. The Kier molecular flexibility index (Phi) is 6.70. The summed E-state index contributed by atoms with van der Waals surface area (Å²) in [5, 5.41) is 11.0. The summed E-state index contributed by atoms with van der Waals surface area (Å²) in [7, 11) is 1.45. The number of nitro groups is 1. The van der Waals surface area contributed by atoms with Crippen molar-refractivity contribution in [2.75, 3.05) is 13.7 Å². The summed E-state index contributed by atoms with van der Waals surface area (Å²) in [6, 6.07) is 10.5. The summed E-state index contributed by atoms with van der Waals surface area (Å²) in [4.78, 5) is 34.6. The molecule has 0 spiro atoms. The highest BCUT2D eigenvalue weighted by atomic mass is 16.6. The number of hydrazine groups is 1. The number of methoxy groups -OCH3 is 1. The predicted molar refractivity (Wildman–Crippen MR) is 96.6 cm³/mol. The highest BCUT2D eigenvalue weighted by molar-refractivity contribution is 5.96. The van der Waals surface area contributed by atoms with Crippen LogP contribution in [0.4, 0.5) is 5.69 Å². The van der Waals surface area contributed by atoms with Crippen molar-refractivity contribution in [2.45, 2.75) is 13.3 Å². The van der Waals surface area contributed by atoms with E-state index in [1.807, 2.05) is 6.92 Å². The molecule has 0 saturated carbocycles. The summed E-state index contributed by atoms with van der Waals surface area (Å²) in [5.41, 5.74) is 4.85. The number of rotatable bonds is 7. The Balaban J connectivity index is 1.99. The Morgan fingerprint density at radius 1 is 1.11 bits per heavy atom. The van der Waals surface area contributed by atoms with Crippen molar-refractivity contribution < 1.29 is 24.0 Å². The number of benzene rings is 2. The molecule has 0 atom stereocenters. The summed E-state index contributed by atoms with van der Waals surface area (Å²) >= 11 is 0. The number of para-hydroxylation sites is 1. The van der Waals surface area contributed by atoms with Crippen LogP contribution in [0.3, 0.4) is 0 Å². The molecule has 9 nitrogen and oxygen atoms in total. The number of ether oxygens (including phenoxy) is 2. The average molecular weight is 373 g/mol. The van der Waals surface area contributed by atoms with Crippen molar-refractivity contribution >= 4 is 17.5 Å². The van der Waals surface area contributed by atoms with Gasteiger partial charge >= 0.3 is 0 Å². The first-order valence-corrected chi connectivity index (χ1v) is 8.08. The van der Waals surface area contributed by atoms with Crippen molar-refractivity contribution in [3.63, 3.8) is 0 Å². The van der Waals surface area contributed by atoms with Gasteiger partial charge in [-0.25, -0.2) is 0 Å². The van der Waals surface area contributed by atoms with E-state index in [9.17, 15) is 19.7 Å². The van der Waals surface area contributed by atoms with E-state index in [2.05, 4.69) is 10.9 Å². The first kappa shape index (κ1) is 19.7. The lowest BCUT2D eigenvalue weighted by atomic mass is 10.1. The molecule has 0 aliphatic heterocycles. The van der Waals surface area contributed by atoms with Crippen molar-refractivity contribution in [1.82, 2.24) is 10.9 Å². The van der Waals surface area contributed by atoms with Crippen LogP contribution in [0.2, 0.25) is 0 Å². The molecule has 0 saturated heterocycles. The fourth-order valence-corrected chi connectivity index (χ4v) is 2.34. The van der Waals surface area contributed by atoms with Gasteiger partial charge in [0, 0.05) is 17.2 Å². The minimum absolute atomic E-state index is 0.157. The van der Waals surface area contributed by atoms with Gasteiger partial charge in [-0.05, 0) is 25.1 Å². The SMILES string of the molecule is CCOc1ccc(C(=O)NNC(=O)Cc2ccccc2[N+](=O)[O-])cc1OC. The molecule has 142 valence electrons. The van der Waals surface area contributed by atoms with E-state index in [1.165, 1.54) is 37.4 Å². The molecule has 0 unspecified atom stereocenters. The second kappa shape index (κ2) is 9.18. The minimum atomic E-state index is -0.587. The largest absolute Gasteiger partial charge is 0.493 e. The molecule has 0 fully saturated rings. The Morgan fingerprint density at radius 3 is 2.52 bits per heavy atom. The third-order valence-corrected chi connectivity index (χ3v) is 3.58. The van der Waals surface area contributed by atoms with E-state index in [0.29, 0.717) is 18.1 Å². The maximum Gasteiger partial charge on any atom is 0.273 e. The quantitative estimate of drug-likeness (QED) is 0.566. The summed E-state index contributed by atoms with van der Waals surface area (Å²) in [6.07, 6.45) is -0.246. The number of carbonyl (C=O) groups is 2. The Bertz CT molecular complexity index is 853. The van der Waals surface area contributed by atoms with E-state index in [4.69, 9.17) is 9.47 Å². The van der Waals surface area contributed by atoms with Gasteiger partial charge in [-0.15, -0.1) is 0 Å². The maximum absolute atomic E-state index is 12.2. The highest BCUT2D eigenvalue weighted by Gasteiger charge is 2.16. The van der Waals surface area contributed by atoms with Gasteiger partial charge in [0.15, 0.2) is 11.5 Å². The standard InChI is InChI=1S/C18H19N3O6/c1-3-27-15-9-8-13(10-16(15)26-2)18(23)20-19-17(22)11-12-6-4-5-7-14(12)21(24)25/h4-10H,3,11H2,1-2H3,(H,19,22)(H,20,23). The minimum Gasteiger partial charge on any atom is -0.493 e. The Labute approximate surface area is 155 Å². The lowest BCUT2D eigenvalue weighted by Gasteiger charge is -2.11. The fourth-order valence-electron chi connectivity index (χ4n) is 2.34. The van der Waals surface area contributed by atoms with Gasteiger partial charge in [-0.3, -0.25) is 30.6 Å². The van der Waals surface area contributed by atoms with Gasteiger partial charge in [-0.2, -0.15) is 0 Å². The Hall–Kier alpha value is -3.62. The average Bonchev–Trinajstić information content (AvgIpc) is 2.66. The molecule has 0 aromatic heterocycles. The van der Waals surface area contributed by atoms with Crippen LogP contribution in [0.1, 0.15) is 22.8 Å². The molecule has 0 heterocycles. The lowest BCUT2D eigenvalue weighted by Crippen LogP contribution is -2.42. The molecule has 0 bridgehead atoms. The normalized spacial score (nSPS) is 10.0. The van der Waals surface area contributed by atoms with Crippen LogP contribution in [-0.4, -0.2) is 30.5 Å². The van der Waals surface area contributed by atoms with E-state index in [1.54, 1.807) is 12.1 Å². The van der Waals surface area contributed by atoms with Crippen LogP contribution in [0.15, 0.2) is 42.5 Å². The van der Waals surface area contributed by atoms with E-state index < -0.39 is 16.7 Å². The molecule has 2 amide bonds. The molecule has 2 rings (SSSR count). The maximum atomic E-state index is 12.2. The van der Waals surface area contributed by atoms with Crippen molar-refractivity contribution in [3.8, 4) is 11.5 Å². The van der Waals surface area contributed by atoms with Crippen LogP contribution < -0.4 is 20.3 Å². The van der Waals surface area contributed by atoms with Gasteiger partial charge in [-0.1, -0.05) is 18.2 Å². The summed E-state index contributed by atoms with van der Waals surface area (Å²) < 4.78 is 10.5. The van der Waals surface area contributed by atoms with Gasteiger partial charge in [0.1, 0.15) is 0 Å². The molecule has 0 radical (unpaired) electrons. The topological polar surface area (TPSA) is 120 Å². The van der Waals surface area contributed by atoms with Gasteiger partial charge in [0.05, 0.1) is 25.1 Å². The molecule has 0 aliphatic rings. The first-order valence-electron chi connectivity index (χ1n) is 8.08. The molecule has 2 N–H and O–H groups in total. The van der Waals surface area contributed by atoms with Crippen LogP contribution in [0, 0.1) is 10.1 Å². The zero-order valence-electron chi connectivity index (χ0n) is 14.9. The third kappa shape index (κ3) is 5.18. The molecule has 2 aromatic rings.